The van der Waals surface area contributed by atoms with Crippen LogP contribution in [0, 0.1) is 5.92 Å². The lowest BCUT2D eigenvalue weighted by molar-refractivity contribution is -0.161. The maximum atomic E-state index is 13.6. The van der Waals surface area contributed by atoms with Crippen molar-refractivity contribution in [3.8, 4) is 0 Å². The molecule has 0 bridgehead atoms. The van der Waals surface area contributed by atoms with Crippen molar-refractivity contribution < 1.29 is 29.7 Å². The van der Waals surface area contributed by atoms with Gasteiger partial charge in [0.05, 0.1) is 19.0 Å². The molecule has 3 aromatic carbocycles. The molecule has 8 nitrogen and oxygen atoms in total. The largest absolute Gasteiger partial charge is 0.481 e. The second kappa shape index (κ2) is 11.2. The molecule has 0 saturated heterocycles. The van der Waals surface area contributed by atoms with Crippen molar-refractivity contribution in [3.63, 3.8) is 0 Å². The molecule has 4 N–H and O–H groups in total. The molecule has 38 heavy (non-hydrogen) atoms. The van der Waals surface area contributed by atoms with E-state index in [9.17, 15) is 29.7 Å². The molecule has 0 radical (unpaired) electrons. The zero-order chi connectivity index (χ0) is 27.4. The van der Waals surface area contributed by atoms with Gasteiger partial charge in [0.15, 0.2) is 0 Å². The first-order valence-electron chi connectivity index (χ1n) is 12.9. The predicted molar refractivity (Wildman–Crippen MR) is 144 cm³/mol. The Balaban J connectivity index is 1.66. The van der Waals surface area contributed by atoms with Crippen molar-refractivity contribution in [2.45, 2.75) is 51.2 Å². The number of benzene rings is 3. The molecule has 0 spiro atoms. The summed E-state index contributed by atoms with van der Waals surface area (Å²) in [5.41, 5.74) is 0.703. The second-order valence-corrected chi connectivity index (χ2v) is 10.4. The molecule has 0 aromatic heterocycles. The molecule has 0 aliphatic heterocycles. The molecule has 3 aromatic rings. The lowest BCUT2D eigenvalue weighted by Crippen LogP contribution is -2.53. The van der Waals surface area contributed by atoms with Crippen LogP contribution in [0.5, 0.6) is 0 Å². The number of carbonyl (C=O) groups excluding carboxylic acids is 1. The van der Waals surface area contributed by atoms with Crippen LogP contribution < -0.4 is 5.32 Å². The third kappa shape index (κ3) is 5.81. The van der Waals surface area contributed by atoms with Crippen LogP contribution in [0.15, 0.2) is 60.7 Å². The summed E-state index contributed by atoms with van der Waals surface area (Å²) < 4.78 is 0. The van der Waals surface area contributed by atoms with Gasteiger partial charge in [0.1, 0.15) is 0 Å². The Hall–Kier alpha value is -3.91. The summed E-state index contributed by atoms with van der Waals surface area (Å²) in [5, 5.41) is 35.7. The number of amides is 2. The Bertz CT molecular complexity index is 1350. The fourth-order valence-electron chi connectivity index (χ4n) is 5.26. The molecule has 2 amide bonds. The highest BCUT2D eigenvalue weighted by molar-refractivity contribution is 5.88. The number of aryl methyl sites for hydroxylation is 2. The zero-order valence-corrected chi connectivity index (χ0v) is 21.7. The number of aliphatic hydroxyl groups is 1. The van der Waals surface area contributed by atoms with Gasteiger partial charge < -0.3 is 25.5 Å². The van der Waals surface area contributed by atoms with Crippen LogP contribution in [-0.4, -0.2) is 51.3 Å². The highest BCUT2D eigenvalue weighted by atomic mass is 16.4. The summed E-state index contributed by atoms with van der Waals surface area (Å²) in [4.78, 5) is 39.1. The normalized spacial score (nSPS) is 15.1. The van der Waals surface area contributed by atoms with E-state index in [4.69, 9.17) is 0 Å². The minimum absolute atomic E-state index is 0.0331. The van der Waals surface area contributed by atoms with Crippen molar-refractivity contribution in [3.05, 3.63) is 82.9 Å². The summed E-state index contributed by atoms with van der Waals surface area (Å²) in [7, 11) is 0. The van der Waals surface area contributed by atoms with Crippen LogP contribution >= 0.6 is 0 Å². The number of nitrogens with zero attached hydrogens (tertiary/aromatic N) is 1. The Morgan fingerprint density at radius 2 is 1.68 bits per heavy atom. The Labute approximate surface area is 221 Å². The number of hydrogen-bond acceptors (Lipinski definition) is 4. The van der Waals surface area contributed by atoms with E-state index in [-0.39, 0.29) is 24.4 Å². The zero-order valence-electron chi connectivity index (χ0n) is 21.7. The third-order valence-electron chi connectivity index (χ3n) is 7.10. The highest BCUT2D eigenvalue weighted by Gasteiger charge is 2.42. The Morgan fingerprint density at radius 1 is 0.974 bits per heavy atom. The van der Waals surface area contributed by atoms with Crippen molar-refractivity contribution in [2.24, 2.45) is 5.92 Å². The highest BCUT2D eigenvalue weighted by Crippen LogP contribution is 2.31. The van der Waals surface area contributed by atoms with E-state index in [2.05, 4.69) is 5.32 Å². The van der Waals surface area contributed by atoms with E-state index < -0.39 is 36.2 Å². The summed E-state index contributed by atoms with van der Waals surface area (Å²) in [6.45, 7) is 3.45. The van der Waals surface area contributed by atoms with Crippen LogP contribution in [-0.2, 0) is 28.0 Å². The van der Waals surface area contributed by atoms with Crippen LogP contribution in [0.1, 0.15) is 55.0 Å². The maximum Gasteiger partial charge on any atom is 0.342 e. The summed E-state index contributed by atoms with van der Waals surface area (Å²) >= 11 is 0. The molecule has 1 aliphatic carbocycles. The van der Waals surface area contributed by atoms with Gasteiger partial charge in [-0.1, -0.05) is 74.5 Å². The van der Waals surface area contributed by atoms with Crippen LogP contribution in [0.2, 0.25) is 0 Å². The molecule has 0 fully saturated rings. The lowest BCUT2D eigenvalue weighted by Gasteiger charge is -2.34. The van der Waals surface area contributed by atoms with E-state index in [0.29, 0.717) is 5.56 Å². The van der Waals surface area contributed by atoms with Crippen molar-refractivity contribution in [2.75, 3.05) is 13.1 Å². The summed E-state index contributed by atoms with van der Waals surface area (Å²) in [5.74, 6) is -2.57. The monoisotopic (exact) mass is 518 g/mol. The molecule has 2 atom stereocenters. The van der Waals surface area contributed by atoms with Gasteiger partial charge in [-0.15, -0.1) is 0 Å². The number of carboxylic acids is 2. The number of hydrogen-bond donors (Lipinski definition) is 4. The molecule has 0 saturated carbocycles. The minimum atomic E-state index is -2.33. The van der Waals surface area contributed by atoms with Gasteiger partial charge in [-0.3, -0.25) is 4.79 Å². The summed E-state index contributed by atoms with van der Waals surface area (Å²) in [6, 6.07) is 16.7. The minimum Gasteiger partial charge on any atom is -0.481 e. The van der Waals surface area contributed by atoms with Crippen LogP contribution in [0.3, 0.4) is 0 Å². The first-order chi connectivity index (χ1) is 18.1. The molecule has 200 valence electrons. The second-order valence-electron chi connectivity index (χ2n) is 10.4. The predicted octanol–water partition coefficient (Wildman–Crippen LogP) is 4.48. The Kier molecular flexibility index (Phi) is 8.02. The number of rotatable bonds is 10. The average molecular weight is 519 g/mol. The number of fused-ring (bicyclic) bond motifs is 2. The van der Waals surface area contributed by atoms with Crippen molar-refractivity contribution in [1.29, 1.82) is 0 Å². The van der Waals surface area contributed by atoms with Gasteiger partial charge in [-0.2, -0.15) is 0 Å². The molecular weight excluding hydrogens is 484 g/mol. The molecule has 8 heteroatoms. The van der Waals surface area contributed by atoms with E-state index in [1.807, 2.05) is 56.3 Å². The maximum absolute atomic E-state index is 13.6. The van der Waals surface area contributed by atoms with Gasteiger partial charge in [-0.25, -0.2) is 9.59 Å². The standard InChI is InChI=1S/C30H34N2O6/c1-19(2)17-32(18-30(38,28(35)36)23-14-13-20-8-5-10-22(20)15-23)29(37)31-26(16-27(33)34)25-12-6-9-21-7-3-4-11-24(21)25/h3-4,6-7,9,11-15,19,26,38H,5,8,10,16-18H2,1-2H3,(H,31,37)(H,33,34)(H,35,36). The number of carboxylic acid groups (broad SMARTS) is 2. The number of nitrogens with one attached hydrogen (secondary N) is 1. The van der Waals surface area contributed by atoms with E-state index in [1.54, 1.807) is 18.2 Å². The number of urea groups is 1. The quantitative estimate of drug-likeness (QED) is 0.313. The lowest BCUT2D eigenvalue weighted by atomic mass is 9.90. The van der Waals surface area contributed by atoms with E-state index in [1.165, 1.54) is 4.90 Å². The first-order valence-corrected chi connectivity index (χ1v) is 12.9. The van der Waals surface area contributed by atoms with E-state index >= 15 is 0 Å². The van der Waals surface area contributed by atoms with Crippen LogP contribution in [0.4, 0.5) is 4.79 Å². The molecule has 0 heterocycles. The Morgan fingerprint density at radius 3 is 2.39 bits per heavy atom. The smallest absolute Gasteiger partial charge is 0.342 e. The fourth-order valence-corrected chi connectivity index (χ4v) is 5.26. The summed E-state index contributed by atoms with van der Waals surface area (Å²) in [6.07, 6.45) is 2.35. The average Bonchev–Trinajstić information content (AvgIpc) is 3.35. The third-order valence-corrected chi connectivity index (χ3v) is 7.10. The van der Waals surface area contributed by atoms with Crippen LogP contribution in [0.25, 0.3) is 10.8 Å². The van der Waals surface area contributed by atoms with Gasteiger partial charge in [0.25, 0.3) is 0 Å². The van der Waals surface area contributed by atoms with Gasteiger partial charge >= 0.3 is 18.0 Å². The molecule has 1 aliphatic rings. The van der Waals surface area contributed by atoms with Crippen molar-refractivity contribution >= 4 is 28.7 Å². The number of aliphatic carboxylic acids is 2. The van der Waals surface area contributed by atoms with Crippen molar-refractivity contribution in [1.82, 2.24) is 10.2 Å². The SMILES string of the molecule is CC(C)CN(CC(O)(C(=O)O)c1ccc2c(c1)CCC2)C(=O)NC(CC(=O)O)c1cccc2ccccc12. The van der Waals surface area contributed by atoms with Gasteiger partial charge in [0.2, 0.25) is 5.60 Å². The molecular formula is C30H34N2O6. The topological polar surface area (TPSA) is 127 Å². The first kappa shape index (κ1) is 27.1. The fraction of sp³-hybridized carbons (Fsp3) is 0.367. The van der Waals surface area contributed by atoms with Gasteiger partial charge in [-0.05, 0) is 58.2 Å². The van der Waals surface area contributed by atoms with E-state index in [0.717, 1.165) is 41.2 Å². The molecule has 2 unspecified atom stereocenters. The van der Waals surface area contributed by atoms with Gasteiger partial charge in [0, 0.05) is 6.54 Å². The number of carbonyl (C=O) groups is 3. The molecule has 4 rings (SSSR count).